The summed E-state index contributed by atoms with van der Waals surface area (Å²) in [6.07, 6.45) is 5.34. The van der Waals surface area contributed by atoms with Crippen LogP contribution in [0.5, 0.6) is 0 Å². The Labute approximate surface area is 139 Å². The van der Waals surface area contributed by atoms with Crippen LogP contribution in [0.15, 0.2) is 42.6 Å². The molecule has 0 aliphatic rings. The van der Waals surface area contributed by atoms with E-state index in [0.29, 0.717) is 15.0 Å². The van der Waals surface area contributed by atoms with Gasteiger partial charge in [-0.3, -0.25) is 0 Å². The molecule has 0 aliphatic heterocycles. The Morgan fingerprint density at radius 3 is 2.55 bits per heavy atom. The Bertz CT molecular complexity index is 526. The molecule has 0 fully saturated rings. The maximum atomic E-state index is 5.20. The molecule has 0 N–H and O–H groups in total. The number of hydrogen-bond donors (Lipinski definition) is 0. The van der Waals surface area contributed by atoms with Gasteiger partial charge in [-0.25, -0.2) is 0 Å². The van der Waals surface area contributed by atoms with Crippen LogP contribution in [0.3, 0.4) is 0 Å². The molecule has 1 aromatic heterocycles. The molecule has 0 aliphatic carbocycles. The van der Waals surface area contributed by atoms with Crippen LogP contribution >= 0.6 is 0 Å². The van der Waals surface area contributed by atoms with E-state index in [-0.39, 0.29) is 6.29 Å². The van der Waals surface area contributed by atoms with Gasteiger partial charge in [0, 0.05) is 0 Å². The van der Waals surface area contributed by atoms with Crippen LogP contribution in [-0.4, -0.2) is 39.0 Å². The second-order valence-corrected chi connectivity index (χ2v) is 7.48. The minimum absolute atomic E-state index is 0.366. The molecule has 0 unspecified atom stereocenters. The topological polar surface area (TPSA) is 36.3 Å². The number of nitrogens with zero attached hydrogens (tertiary/aromatic N) is 2. The first-order valence-corrected chi connectivity index (χ1v) is 9.67. The van der Waals surface area contributed by atoms with Gasteiger partial charge >= 0.3 is 139 Å². The summed E-state index contributed by atoms with van der Waals surface area (Å²) < 4.78 is 13.9. The minimum atomic E-state index is -0.366. The van der Waals surface area contributed by atoms with Gasteiger partial charge in [0.2, 0.25) is 0 Å². The fourth-order valence-corrected chi connectivity index (χ4v) is 4.18. The Kier molecular flexibility index (Phi) is 7.67. The molecule has 2 aromatic rings. The van der Waals surface area contributed by atoms with Gasteiger partial charge < -0.3 is 0 Å². The molecule has 0 saturated carbocycles. The first-order chi connectivity index (χ1) is 10.8. The molecule has 120 valence electrons. The van der Waals surface area contributed by atoms with Crippen LogP contribution in [0.1, 0.15) is 31.2 Å². The predicted octanol–water partition coefficient (Wildman–Crippen LogP) is 2.79. The summed E-state index contributed by atoms with van der Waals surface area (Å²) in [4.78, 5) is 0. The summed E-state index contributed by atoms with van der Waals surface area (Å²) in [7, 11) is 3.25. The third-order valence-corrected chi connectivity index (χ3v) is 5.68. The molecule has 0 saturated heterocycles. The average molecular weight is 367 g/mol. The van der Waals surface area contributed by atoms with Gasteiger partial charge in [-0.05, 0) is 0 Å². The third kappa shape index (κ3) is 5.58. The van der Waals surface area contributed by atoms with E-state index in [1.54, 1.807) is 14.2 Å². The molecule has 0 spiro atoms. The van der Waals surface area contributed by atoms with Crippen molar-refractivity contribution in [2.45, 2.75) is 37.4 Å². The number of rotatable bonds is 10. The standard InChI is InChI=1S/C17H24N2O2Se/c1-20-17(21-2)16-11-13-19(18-16)12-7-4-8-14-22-15-9-5-3-6-10-15/h3,5-6,9-11,13,17H,4,7-8,12,14H2,1-2H3. The maximum absolute atomic E-state index is 5.20. The second kappa shape index (κ2) is 9.80. The van der Waals surface area contributed by atoms with E-state index in [1.165, 1.54) is 22.6 Å². The summed E-state index contributed by atoms with van der Waals surface area (Å²) in [5.74, 6) is 0. The molecule has 4 nitrogen and oxygen atoms in total. The molecular weight excluding hydrogens is 343 g/mol. The summed E-state index contributed by atoms with van der Waals surface area (Å²) >= 11 is 0.615. The number of aromatic nitrogens is 2. The van der Waals surface area contributed by atoms with Crippen LogP contribution in [0.4, 0.5) is 0 Å². The zero-order valence-corrected chi connectivity index (χ0v) is 15.0. The molecule has 0 bridgehead atoms. The Balaban J connectivity index is 1.61. The zero-order valence-electron chi connectivity index (χ0n) is 13.3. The molecule has 5 heteroatoms. The number of benzene rings is 1. The molecule has 0 radical (unpaired) electrons. The van der Waals surface area contributed by atoms with Crippen molar-refractivity contribution in [2.24, 2.45) is 0 Å². The fraction of sp³-hybridized carbons (Fsp3) is 0.471. The van der Waals surface area contributed by atoms with Crippen molar-refractivity contribution in [2.75, 3.05) is 14.2 Å². The molecular formula is C17H24N2O2Se. The summed E-state index contributed by atoms with van der Waals surface area (Å²) in [5, 5.41) is 5.80. The number of methoxy groups -OCH3 is 2. The van der Waals surface area contributed by atoms with Crippen molar-refractivity contribution in [1.29, 1.82) is 0 Å². The van der Waals surface area contributed by atoms with E-state index in [0.717, 1.165) is 18.7 Å². The van der Waals surface area contributed by atoms with Crippen molar-refractivity contribution in [3.63, 3.8) is 0 Å². The molecule has 2 rings (SSSR count). The van der Waals surface area contributed by atoms with Crippen molar-refractivity contribution in [1.82, 2.24) is 9.78 Å². The van der Waals surface area contributed by atoms with Gasteiger partial charge in [0.15, 0.2) is 0 Å². The van der Waals surface area contributed by atoms with Crippen molar-refractivity contribution in [3.05, 3.63) is 48.3 Å². The number of ether oxygens (including phenoxy) is 2. The van der Waals surface area contributed by atoms with Crippen LogP contribution < -0.4 is 4.46 Å². The van der Waals surface area contributed by atoms with E-state index >= 15 is 0 Å². The van der Waals surface area contributed by atoms with Crippen molar-refractivity contribution >= 4 is 19.4 Å². The third-order valence-electron chi connectivity index (χ3n) is 3.37. The fourth-order valence-electron chi connectivity index (χ4n) is 2.22. The van der Waals surface area contributed by atoms with E-state index in [4.69, 9.17) is 9.47 Å². The van der Waals surface area contributed by atoms with Gasteiger partial charge in [-0.1, -0.05) is 0 Å². The molecule has 0 atom stereocenters. The Morgan fingerprint density at radius 1 is 1.05 bits per heavy atom. The van der Waals surface area contributed by atoms with Gasteiger partial charge in [-0.2, -0.15) is 0 Å². The quantitative estimate of drug-likeness (QED) is 0.368. The normalized spacial score (nSPS) is 11.2. The monoisotopic (exact) mass is 368 g/mol. The summed E-state index contributed by atoms with van der Waals surface area (Å²) in [6.45, 7) is 0.957. The van der Waals surface area contributed by atoms with E-state index < -0.39 is 0 Å². The van der Waals surface area contributed by atoms with Crippen LogP contribution in [0, 0.1) is 0 Å². The Morgan fingerprint density at radius 2 is 1.82 bits per heavy atom. The molecule has 1 heterocycles. The van der Waals surface area contributed by atoms with Crippen molar-refractivity contribution < 1.29 is 9.47 Å². The number of unbranched alkanes of at least 4 members (excludes halogenated alkanes) is 2. The Hall–Kier alpha value is -1.13. The number of aryl methyl sites for hydroxylation is 1. The van der Waals surface area contributed by atoms with E-state index in [2.05, 4.69) is 35.4 Å². The van der Waals surface area contributed by atoms with Crippen LogP contribution in [0.2, 0.25) is 5.32 Å². The zero-order chi connectivity index (χ0) is 15.6. The SMILES string of the molecule is COC(OC)c1ccn(CCCCC[Se]c2ccccc2)n1. The van der Waals surface area contributed by atoms with E-state index in [9.17, 15) is 0 Å². The predicted molar refractivity (Wildman–Crippen MR) is 89.5 cm³/mol. The molecule has 1 aromatic carbocycles. The molecule has 0 amide bonds. The van der Waals surface area contributed by atoms with Gasteiger partial charge in [0.1, 0.15) is 0 Å². The van der Waals surface area contributed by atoms with Crippen molar-refractivity contribution in [3.8, 4) is 0 Å². The van der Waals surface area contributed by atoms with Gasteiger partial charge in [0.05, 0.1) is 0 Å². The summed E-state index contributed by atoms with van der Waals surface area (Å²) in [6, 6.07) is 12.7. The number of hydrogen-bond acceptors (Lipinski definition) is 3. The van der Waals surface area contributed by atoms with Crippen LogP contribution in [-0.2, 0) is 16.0 Å². The van der Waals surface area contributed by atoms with Gasteiger partial charge in [-0.15, -0.1) is 0 Å². The average Bonchev–Trinajstić information content (AvgIpc) is 3.02. The van der Waals surface area contributed by atoms with Crippen LogP contribution in [0.25, 0.3) is 0 Å². The van der Waals surface area contributed by atoms with E-state index in [1.807, 2.05) is 16.9 Å². The first kappa shape index (κ1) is 17.2. The first-order valence-electron chi connectivity index (χ1n) is 7.60. The summed E-state index contributed by atoms with van der Waals surface area (Å²) in [5.41, 5.74) is 0.831. The second-order valence-electron chi connectivity index (χ2n) is 5.03. The van der Waals surface area contributed by atoms with Gasteiger partial charge in [0.25, 0.3) is 0 Å². The molecule has 22 heavy (non-hydrogen) atoms.